The van der Waals surface area contributed by atoms with Gasteiger partial charge in [-0.25, -0.2) is 4.39 Å². The van der Waals surface area contributed by atoms with Gasteiger partial charge in [-0.05, 0) is 80.0 Å². The van der Waals surface area contributed by atoms with E-state index in [4.69, 9.17) is 16.3 Å². The van der Waals surface area contributed by atoms with E-state index in [0.717, 1.165) is 30.2 Å². The Balaban J connectivity index is 1.50. The van der Waals surface area contributed by atoms with Gasteiger partial charge in [0, 0.05) is 0 Å². The molecule has 164 valence electrons. The van der Waals surface area contributed by atoms with Crippen LogP contribution in [0.25, 0.3) is 0 Å². The zero-order chi connectivity index (χ0) is 21.3. The van der Waals surface area contributed by atoms with Gasteiger partial charge in [0.05, 0.1) is 11.6 Å². The van der Waals surface area contributed by atoms with Gasteiger partial charge in [-0.2, -0.15) is 0 Å². The highest BCUT2D eigenvalue weighted by Gasteiger charge is 2.22. The number of hydrogen-bond donors (Lipinski definition) is 0. The van der Waals surface area contributed by atoms with Crippen molar-refractivity contribution < 1.29 is 9.13 Å². The van der Waals surface area contributed by atoms with Gasteiger partial charge in [-0.3, -0.25) is 0 Å². The lowest BCUT2D eigenvalue weighted by molar-refractivity contribution is 0.303. The zero-order valence-corrected chi connectivity index (χ0v) is 19.3. The predicted octanol–water partition coefficient (Wildman–Crippen LogP) is 8.52. The topological polar surface area (TPSA) is 9.23 Å². The second-order valence-corrected chi connectivity index (χ2v) is 9.12. The maximum atomic E-state index is 14.3. The van der Waals surface area contributed by atoms with Crippen LogP contribution in [0.1, 0.15) is 87.8 Å². The Labute approximate surface area is 187 Å². The van der Waals surface area contributed by atoms with Crippen molar-refractivity contribution in [3.63, 3.8) is 0 Å². The highest BCUT2D eigenvalue weighted by Crippen LogP contribution is 2.38. The molecule has 0 heterocycles. The van der Waals surface area contributed by atoms with E-state index in [2.05, 4.69) is 31.2 Å². The number of unbranched alkanes of at least 4 members (excludes halogenated alkanes) is 2. The summed E-state index contributed by atoms with van der Waals surface area (Å²) >= 11 is 6.22. The first-order valence-electron chi connectivity index (χ1n) is 11.8. The Bertz CT molecular complexity index is 778. The number of halogens is 2. The van der Waals surface area contributed by atoms with Crippen molar-refractivity contribution in [3.05, 3.63) is 63.9 Å². The third kappa shape index (κ3) is 6.23. The lowest BCUT2D eigenvalue weighted by Gasteiger charge is -2.29. The van der Waals surface area contributed by atoms with Crippen LogP contribution in [0, 0.1) is 11.7 Å². The van der Waals surface area contributed by atoms with Crippen LogP contribution in [0.3, 0.4) is 0 Å². The third-order valence-electron chi connectivity index (χ3n) is 6.62. The van der Waals surface area contributed by atoms with Gasteiger partial charge in [-0.1, -0.05) is 74.5 Å². The van der Waals surface area contributed by atoms with Crippen molar-refractivity contribution in [2.45, 2.75) is 84.0 Å². The molecule has 0 saturated heterocycles. The quantitative estimate of drug-likeness (QED) is 0.343. The molecule has 0 aliphatic heterocycles. The number of ether oxygens (including phenoxy) is 1. The maximum absolute atomic E-state index is 14.3. The van der Waals surface area contributed by atoms with E-state index in [1.54, 1.807) is 6.07 Å². The molecule has 0 atom stereocenters. The standard InChI is InChI=1S/C27H36ClFO/c1-3-5-6-7-20-8-13-22(14-9-20)23-15-10-21(11-16-23)12-17-24-18-19-25(30-4-2)27(29)26(24)28/h10-11,15-16,18-20,22H,3-9,12-14,17H2,1-2H3. The van der Waals surface area contributed by atoms with Crippen LogP contribution in [-0.2, 0) is 12.8 Å². The Morgan fingerprint density at radius 2 is 1.67 bits per heavy atom. The van der Waals surface area contributed by atoms with E-state index in [1.165, 1.54) is 62.5 Å². The molecule has 0 bridgehead atoms. The normalized spacial score (nSPS) is 19.1. The first-order valence-corrected chi connectivity index (χ1v) is 12.2. The minimum absolute atomic E-state index is 0.188. The van der Waals surface area contributed by atoms with Crippen LogP contribution in [0.15, 0.2) is 36.4 Å². The average molecular weight is 431 g/mol. The van der Waals surface area contributed by atoms with Gasteiger partial charge >= 0.3 is 0 Å². The number of rotatable bonds is 10. The Morgan fingerprint density at radius 3 is 2.33 bits per heavy atom. The average Bonchev–Trinajstić information content (AvgIpc) is 2.78. The molecule has 1 aliphatic carbocycles. The van der Waals surface area contributed by atoms with Crippen LogP contribution in [0.4, 0.5) is 4.39 Å². The summed E-state index contributed by atoms with van der Waals surface area (Å²) < 4.78 is 19.6. The Morgan fingerprint density at radius 1 is 0.933 bits per heavy atom. The number of hydrogen-bond acceptors (Lipinski definition) is 1. The summed E-state index contributed by atoms with van der Waals surface area (Å²) in [5, 5.41) is 0.188. The van der Waals surface area contributed by atoms with Crippen molar-refractivity contribution in [1.82, 2.24) is 0 Å². The highest BCUT2D eigenvalue weighted by molar-refractivity contribution is 6.31. The van der Waals surface area contributed by atoms with E-state index in [0.29, 0.717) is 6.61 Å². The molecule has 0 aromatic heterocycles. The monoisotopic (exact) mass is 430 g/mol. The number of benzene rings is 2. The molecular weight excluding hydrogens is 395 g/mol. The Hall–Kier alpha value is -1.54. The molecule has 1 aliphatic rings. The lowest BCUT2D eigenvalue weighted by atomic mass is 9.77. The molecule has 0 radical (unpaired) electrons. The van der Waals surface area contributed by atoms with E-state index in [-0.39, 0.29) is 10.8 Å². The smallest absolute Gasteiger partial charge is 0.183 e. The summed E-state index contributed by atoms with van der Waals surface area (Å²) in [5.41, 5.74) is 3.59. The third-order valence-corrected chi connectivity index (χ3v) is 7.03. The van der Waals surface area contributed by atoms with E-state index in [1.807, 2.05) is 13.0 Å². The largest absolute Gasteiger partial charge is 0.491 e. The molecule has 0 spiro atoms. The molecule has 0 unspecified atom stereocenters. The summed E-state index contributed by atoms with van der Waals surface area (Å²) in [5.74, 6) is 1.45. The zero-order valence-electron chi connectivity index (χ0n) is 18.6. The fourth-order valence-electron chi connectivity index (χ4n) is 4.73. The molecule has 1 saturated carbocycles. The maximum Gasteiger partial charge on any atom is 0.183 e. The summed E-state index contributed by atoms with van der Waals surface area (Å²) in [4.78, 5) is 0. The van der Waals surface area contributed by atoms with Crippen LogP contribution < -0.4 is 4.74 Å². The first kappa shape index (κ1) is 23.1. The van der Waals surface area contributed by atoms with Crippen molar-refractivity contribution in [2.75, 3.05) is 6.61 Å². The van der Waals surface area contributed by atoms with Crippen LogP contribution in [-0.4, -0.2) is 6.61 Å². The Kier molecular flexibility index (Phi) is 9.05. The SMILES string of the molecule is CCCCCC1CCC(c2ccc(CCc3ccc(OCC)c(F)c3Cl)cc2)CC1. The van der Waals surface area contributed by atoms with Gasteiger partial charge in [0.1, 0.15) is 0 Å². The fraction of sp³-hybridized carbons (Fsp3) is 0.556. The van der Waals surface area contributed by atoms with E-state index >= 15 is 0 Å². The predicted molar refractivity (Wildman–Crippen MR) is 125 cm³/mol. The van der Waals surface area contributed by atoms with Crippen LogP contribution >= 0.6 is 11.6 Å². The van der Waals surface area contributed by atoms with Gasteiger partial charge in [-0.15, -0.1) is 0 Å². The molecule has 0 N–H and O–H groups in total. The summed E-state index contributed by atoms with van der Waals surface area (Å²) in [6.45, 7) is 4.55. The molecule has 1 fully saturated rings. The molecule has 2 aromatic rings. The van der Waals surface area contributed by atoms with Gasteiger partial charge in [0.2, 0.25) is 0 Å². The first-order chi connectivity index (χ1) is 14.6. The molecule has 0 amide bonds. The van der Waals surface area contributed by atoms with E-state index in [9.17, 15) is 4.39 Å². The minimum Gasteiger partial charge on any atom is -0.491 e. The van der Waals surface area contributed by atoms with Crippen LogP contribution in [0.5, 0.6) is 5.75 Å². The molecule has 3 rings (SSSR count). The molecular formula is C27H36ClFO. The van der Waals surface area contributed by atoms with Crippen molar-refractivity contribution >= 4 is 11.6 Å². The summed E-state index contributed by atoms with van der Waals surface area (Å²) in [7, 11) is 0. The second-order valence-electron chi connectivity index (χ2n) is 8.74. The fourth-order valence-corrected chi connectivity index (χ4v) is 4.99. The second kappa shape index (κ2) is 11.7. The lowest BCUT2D eigenvalue weighted by Crippen LogP contribution is -2.13. The number of aryl methyl sites for hydroxylation is 2. The van der Waals surface area contributed by atoms with Gasteiger partial charge < -0.3 is 4.74 Å². The molecule has 30 heavy (non-hydrogen) atoms. The minimum atomic E-state index is -0.448. The molecule has 2 aromatic carbocycles. The van der Waals surface area contributed by atoms with Crippen molar-refractivity contribution in [2.24, 2.45) is 5.92 Å². The van der Waals surface area contributed by atoms with Gasteiger partial charge in [0.15, 0.2) is 11.6 Å². The molecule has 3 heteroatoms. The van der Waals surface area contributed by atoms with E-state index < -0.39 is 5.82 Å². The highest BCUT2D eigenvalue weighted by atomic mass is 35.5. The summed E-state index contributed by atoms with van der Waals surface area (Å²) in [6, 6.07) is 12.6. The van der Waals surface area contributed by atoms with Crippen LogP contribution in [0.2, 0.25) is 5.02 Å². The molecule has 1 nitrogen and oxygen atoms in total. The van der Waals surface area contributed by atoms with Crippen molar-refractivity contribution in [1.29, 1.82) is 0 Å². The van der Waals surface area contributed by atoms with Gasteiger partial charge in [0.25, 0.3) is 0 Å². The summed E-state index contributed by atoms with van der Waals surface area (Å²) in [6.07, 6.45) is 12.6. The van der Waals surface area contributed by atoms with Crippen molar-refractivity contribution in [3.8, 4) is 5.75 Å².